The summed E-state index contributed by atoms with van der Waals surface area (Å²) >= 11 is 12.1. The smallest absolute Gasteiger partial charge is 0.228 e. The fourth-order valence-corrected chi connectivity index (χ4v) is 3.06. The van der Waals surface area contributed by atoms with Crippen molar-refractivity contribution in [3.8, 4) is 0 Å². The average molecular weight is 333 g/mol. The van der Waals surface area contributed by atoms with E-state index < -0.39 is 0 Å². The van der Waals surface area contributed by atoms with Gasteiger partial charge in [-0.1, -0.05) is 48.0 Å². The monoisotopic (exact) mass is 332 g/mol. The van der Waals surface area contributed by atoms with E-state index in [1.807, 2.05) is 24.3 Å². The highest BCUT2D eigenvalue weighted by Crippen LogP contribution is 2.38. The summed E-state index contributed by atoms with van der Waals surface area (Å²) in [5, 5.41) is 3.88. The number of hydrogen-bond acceptors (Lipinski definition) is 2. The summed E-state index contributed by atoms with van der Waals surface area (Å²) < 4.78 is 0. The van der Waals surface area contributed by atoms with Crippen LogP contribution >= 0.6 is 23.2 Å². The number of pyridine rings is 1. The Morgan fingerprint density at radius 3 is 2.95 bits per heavy atom. The van der Waals surface area contributed by atoms with Gasteiger partial charge in [0.1, 0.15) is 0 Å². The Morgan fingerprint density at radius 2 is 2.14 bits per heavy atom. The molecule has 0 saturated carbocycles. The van der Waals surface area contributed by atoms with Crippen LogP contribution in [0, 0.1) is 0 Å². The fourth-order valence-electron chi connectivity index (χ4n) is 2.67. The molecule has 1 heterocycles. The van der Waals surface area contributed by atoms with E-state index >= 15 is 0 Å². The first-order valence-corrected chi connectivity index (χ1v) is 7.67. The molecule has 0 radical (unpaired) electrons. The van der Waals surface area contributed by atoms with Crippen LogP contribution in [0.1, 0.15) is 29.2 Å². The summed E-state index contributed by atoms with van der Waals surface area (Å²) in [6.45, 7) is 4.34. The molecule has 1 aromatic heterocycles. The van der Waals surface area contributed by atoms with E-state index in [1.54, 1.807) is 12.3 Å². The van der Waals surface area contributed by atoms with Crippen LogP contribution in [0.2, 0.25) is 10.0 Å². The number of amides is 1. The highest BCUT2D eigenvalue weighted by atomic mass is 35.5. The van der Waals surface area contributed by atoms with Gasteiger partial charge in [0, 0.05) is 12.7 Å². The molecule has 0 spiro atoms. The summed E-state index contributed by atoms with van der Waals surface area (Å²) in [6, 6.07) is 9.14. The Labute approximate surface area is 139 Å². The lowest BCUT2D eigenvalue weighted by atomic mass is 10.0. The summed E-state index contributed by atoms with van der Waals surface area (Å²) in [5.74, 6) is -0.293. The van der Waals surface area contributed by atoms with Crippen molar-refractivity contribution in [2.75, 3.05) is 0 Å². The predicted octanol–water partition coefficient (Wildman–Crippen LogP) is 4.21. The van der Waals surface area contributed by atoms with E-state index in [2.05, 4.69) is 16.9 Å². The predicted molar refractivity (Wildman–Crippen MR) is 88.9 cm³/mol. The minimum atomic E-state index is -0.242. The summed E-state index contributed by atoms with van der Waals surface area (Å²) in [5.41, 5.74) is 3.47. The molecule has 0 bridgehead atoms. The first-order chi connectivity index (χ1) is 10.6. The number of allylic oxidation sites excluding steroid dienone is 1. The van der Waals surface area contributed by atoms with Crippen molar-refractivity contribution in [1.82, 2.24) is 10.3 Å². The fraction of sp³-hybridized carbons (Fsp3) is 0.176. The van der Waals surface area contributed by atoms with E-state index in [4.69, 9.17) is 23.2 Å². The van der Waals surface area contributed by atoms with Gasteiger partial charge in [0.2, 0.25) is 5.91 Å². The van der Waals surface area contributed by atoms with Crippen molar-refractivity contribution in [1.29, 1.82) is 0 Å². The van der Waals surface area contributed by atoms with Crippen molar-refractivity contribution in [3.05, 3.63) is 70.0 Å². The van der Waals surface area contributed by atoms with Crippen LogP contribution in [0.15, 0.2) is 43.1 Å². The zero-order valence-electron chi connectivity index (χ0n) is 11.8. The molecule has 1 aromatic carbocycles. The van der Waals surface area contributed by atoms with Crippen LogP contribution in [0.3, 0.4) is 0 Å². The third-order valence-corrected chi connectivity index (χ3v) is 4.66. The number of benzene rings is 1. The highest BCUT2D eigenvalue weighted by Gasteiger charge is 2.31. The Bertz CT molecular complexity index is 758. The van der Waals surface area contributed by atoms with Crippen molar-refractivity contribution in [2.24, 2.45) is 0 Å². The molecule has 1 N–H and O–H groups in total. The number of nitrogens with one attached hydrogen (secondary N) is 1. The van der Waals surface area contributed by atoms with Crippen LogP contribution in [-0.4, -0.2) is 10.9 Å². The molecule has 3 nitrogen and oxygen atoms in total. The molecule has 0 fully saturated rings. The summed E-state index contributed by atoms with van der Waals surface area (Å²) in [6.07, 6.45) is 2.32. The van der Waals surface area contributed by atoms with E-state index in [9.17, 15) is 4.79 Å². The van der Waals surface area contributed by atoms with E-state index in [1.165, 1.54) is 0 Å². The van der Waals surface area contributed by atoms with Gasteiger partial charge in [-0.3, -0.25) is 9.78 Å². The molecule has 1 atom stereocenters. The van der Waals surface area contributed by atoms with Crippen LogP contribution in [-0.2, 0) is 11.3 Å². The van der Waals surface area contributed by atoms with E-state index in [0.29, 0.717) is 23.0 Å². The first kappa shape index (κ1) is 15.1. The quantitative estimate of drug-likeness (QED) is 0.914. The normalized spacial score (nSPS) is 16.5. The Balaban J connectivity index is 1.74. The maximum Gasteiger partial charge on any atom is 0.228 e. The molecule has 2 aromatic rings. The molecule has 1 aliphatic carbocycles. The first-order valence-electron chi connectivity index (χ1n) is 6.91. The molecule has 1 amide bonds. The topological polar surface area (TPSA) is 42.0 Å². The molecule has 1 unspecified atom stereocenters. The van der Waals surface area contributed by atoms with Crippen molar-refractivity contribution in [3.63, 3.8) is 0 Å². The number of rotatable bonds is 3. The number of aromatic nitrogens is 1. The molecule has 3 rings (SSSR count). The van der Waals surface area contributed by atoms with Crippen molar-refractivity contribution >= 4 is 34.7 Å². The van der Waals surface area contributed by atoms with Gasteiger partial charge >= 0.3 is 0 Å². The maximum atomic E-state index is 12.5. The van der Waals surface area contributed by atoms with Crippen molar-refractivity contribution < 1.29 is 4.79 Å². The molecule has 112 valence electrons. The average Bonchev–Trinajstić information content (AvgIpc) is 2.86. The number of hydrogen-bond donors (Lipinski definition) is 1. The minimum Gasteiger partial charge on any atom is -0.351 e. The Morgan fingerprint density at radius 1 is 1.32 bits per heavy atom. The zero-order chi connectivity index (χ0) is 15.7. The van der Waals surface area contributed by atoms with Crippen LogP contribution in [0.5, 0.6) is 0 Å². The number of carbonyl (C=O) groups is 1. The lowest BCUT2D eigenvalue weighted by Crippen LogP contribution is -2.28. The van der Waals surface area contributed by atoms with Gasteiger partial charge in [0.15, 0.2) is 0 Å². The third-order valence-electron chi connectivity index (χ3n) is 3.80. The minimum absolute atomic E-state index is 0.0519. The summed E-state index contributed by atoms with van der Waals surface area (Å²) in [7, 11) is 0. The van der Waals surface area contributed by atoms with Crippen LogP contribution < -0.4 is 5.32 Å². The van der Waals surface area contributed by atoms with Gasteiger partial charge in [0.25, 0.3) is 0 Å². The number of fused-ring (bicyclic) bond motifs is 1. The SMILES string of the molecule is C=C1CC(C(=O)NCc2cccc(Cl)c2Cl)c2cccnc21. The maximum absolute atomic E-state index is 12.5. The summed E-state index contributed by atoms with van der Waals surface area (Å²) in [4.78, 5) is 16.8. The molecular weight excluding hydrogens is 319 g/mol. The molecule has 5 heteroatoms. The lowest BCUT2D eigenvalue weighted by Gasteiger charge is -2.13. The zero-order valence-corrected chi connectivity index (χ0v) is 13.3. The van der Waals surface area contributed by atoms with Crippen LogP contribution in [0.25, 0.3) is 5.57 Å². The second kappa shape index (κ2) is 6.11. The van der Waals surface area contributed by atoms with Gasteiger partial charge in [-0.25, -0.2) is 0 Å². The second-order valence-electron chi connectivity index (χ2n) is 5.23. The number of carbonyl (C=O) groups excluding carboxylic acids is 1. The molecular formula is C17H14Cl2N2O. The van der Waals surface area contributed by atoms with Crippen molar-refractivity contribution in [2.45, 2.75) is 18.9 Å². The van der Waals surface area contributed by atoms with Gasteiger partial charge in [-0.05, 0) is 35.3 Å². The standard InChI is InChI=1S/C17H14Cl2N2O/c1-10-8-13(12-5-3-7-20-16(10)12)17(22)21-9-11-4-2-6-14(18)15(11)19/h2-7,13H,1,8-9H2,(H,21,22). The van der Waals surface area contributed by atoms with Gasteiger partial charge in [-0.2, -0.15) is 0 Å². The Kier molecular flexibility index (Phi) is 4.19. The largest absolute Gasteiger partial charge is 0.351 e. The van der Waals surface area contributed by atoms with Gasteiger partial charge in [-0.15, -0.1) is 0 Å². The van der Waals surface area contributed by atoms with Gasteiger partial charge in [0.05, 0.1) is 21.7 Å². The van der Waals surface area contributed by atoms with Crippen LogP contribution in [0.4, 0.5) is 0 Å². The Hall–Kier alpha value is -1.84. The molecule has 1 aliphatic rings. The molecule has 0 aliphatic heterocycles. The van der Waals surface area contributed by atoms with E-state index in [-0.39, 0.29) is 11.8 Å². The molecule has 0 saturated heterocycles. The third kappa shape index (κ3) is 2.74. The lowest BCUT2D eigenvalue weighted by molar-refractivity contribution is -0.122. The van der Waals surface area contributed by atoms with E-state index in [0.717, 1.165) is 22.4 Å². The number of halogens is 2. The number of nitrogens with zero attached hydrogens (tertiary/aromatic N) is 1. The van der Waals surface area contributed by atoms with Gasteiger partial charge < -0.3 is 5.32 Å². The highest BCUT2D eigenvalue weighted by molar-refractivity contribution is 6.42. The second-order valence-corrected chi connectivity index (χ2v) is 6.02. The molecule has 22 heavy (non-hydrogen) atoms.